The highest BCUT2D eigenvalue weighted by Gasteiger charge is 2.68. The van der Waals surface area contributed by atoms with Gasteiger partial charge in [0, 0.05) is 30.3 Å². The van der Waals surface area contributed by atoms with Crippen molar-refractivity contribution in [1.82, 2.24) is 0 Å². The highest BCUT2D eigenvalue weighted by molar-refractivity contribution is 6.25. The Morgan fingerprint density at radius 3 is 1.89 bits per heavy atom. The molecule has 45 heavy (non-hydrogen) atoms. The quantitative estimate of drug-likeness (QED) is 0.130. The molecule has 1 heterocycles. The third-order valence-corrected chi connectivity index (χ3v) is 8.84. The van der Waals surface area contributed by atoms with E-state index in [2.05, 4.69) is 10.5 Å². The highest BCUT2D eigenvalue weighted by atomic mass is 16.6. The van der Waals surface area contributed by atoms with Crippen LogP contribution >= 0.6 is 0 Å². The topological polar surface area (TPSA) is 191 Å². The van der Waals surface area contributed by atoms with E-state index < -0.39 is 61.1 Å². The second kappa shape index (κ2) is 9.87. The summed E-state index contributed by atoms with van der Waals surface area (Å²) in [6, 6.07) is 23.1. The first-order chi connectivity index (χ1) is 21.6. The van der Waals surface area contributed by atoms with Gasteiger partial charge in [0.2, 0.25) is 11.8 Å². The molecule has 1 aliphatic heterocycles. The molecule has 14 nitrogen and oxygen atoms in total. The van der Waals surface area contributed by atoms with E-state index in [-0.39, 0.29) is 17.1 Å². The Labute approximate surface area is 253 Å². The summed E-state index contributed by atoms with van der Waals surface area (Å²) in [6.07, 6.45) is 1.48. The van der Waals surface area contributed by atoms with Crippen molar-refractivity contribution in [3.8, 4) is 0 Å². The van der Waals surface area contributed by atoms with E-state index >= 15 is 0 Å². The van der Waals surface area contributed by atoms with Gasteiger partial charge in [0.05, 0.1) is 43.8 Å². The molecule has 4 aromatic carbocycles. The van der Waals surface area contributed by atoms with Crippen molar-refractivity contribution in [1.29, 1.82) is 0 Å². The molecule has 4 aliphatic rings. The minimum atomic E-state index is -1.29. The molecular weight excluding hydrogens is 584 g/mol. The van der Waals surface area contributed by atoms with Crippen LogP contribution in [0, 0.1) is 42.2 Å². The van der Waals surface area contributed by atoms with Gasteiger partial charge in [-0.1, -0.05) is 48.5 Å². The molecule has 0 spiro atoms. The van der Waals surface area contributed by atoms with Crippen LogP contribution in [-0.4, -0.2) is 32.8 Å². The van der Waals surface area contributed by atoms with Crippen molar-refractivity contribution in [2.24, 2.45) is 16.9 Å². The van der Waals surface area contributed by atoms with Gasteiger partial charge in [0.15, 0.2) is 0 Å². The monoisotopic (exact) mass is 604 g/mol. The van der Waals surface area contributed by atoms with Gasteiger partial charge in [-0.3, -0.25) is 45.4 Å². The Hall–Kier alpha value is -6.31. The van der Waals surface area contributed by atoms with Crippen molar-refractivity contribution in [2.75, 3.05) is 10.3 Å². The molecule has 0 aromatic heterocycles. The number of hydrogen-bond donors (Lipinski definition) is 1. The Morgan fingerprint density at radius 2 is 1.31 bits per heavy atom. The summed E-state index contributed by atoms with van der Waals surface area (Å²) in [5.74, 6) is -3.23. The number of amides is 2. The maximum absolute atomic E-state index is 14.4. The van der Waals surface area contributed by atoms with Crippen LogP contribution in [0.15, 0.2) is 96.1 Å². The lowest BCUT2D eigenvalue weighted by atomic mass is 9.47. The van der Waals surface area contributed by atoms with E-state index in [9.17, 15) is 39.9 Å². The summed E-state index contributed by atoms with van der Waals surface area (Å²) < 4.78 is 0. The molecule has 2 atom stereocenters. The molecule has 4 aromatic rings. The lowest BCUT2D eigenvalue weighted by molar-refractivity contribution is -0.393. The summed E-state index contributed by atoms with van der Waals surface area (Å²) >= 11 is 0. The number of nitro benzene ring substituents is 3. The number of nitrogens with zero attached hydrogens (tertiary/aromatic N) is 5. The standard InChI is InChI=1S/C31H20N6O8/c38-29-27-26-20-5-1-3-7-22(20)31(23-8-4-2-6-21(23)26,16-32-33-24-14-13-19(36(42)43)15-25(24)37(44)45)28(27)30(39)34(29)17-9-11-18(12-10-17)35(40)41/h1-16,26-28,33H/b32-16+. The number of anilines is 2. The molecule has 3 aliphatic carbocycles. The van der Waals surface area contributed by atoms with Crippen LogP contribution in [0.3, 0.4) is 0 Å². The van der Waals surface area contributed by atoms with Crippen LogP contribution in [0.2, 0.25) is 0 Å². The predicted molar refractivity (Wildman–Crippen MR) is 160 cm³/mol. The van der Waals surface area contributed by atoms with Gasteiger partial charge in [0.1, 0.15) is 5.69 Å². The zero-order valence-electron chi connectivity index (χ0n) is 23.0. The van der Waals surface area contributed by atoms with Crippen molar-refractivity contribution in [3.05, 3.63) is 144 Å². The van der Waals surface area contributed by atoms with Crippen LogP contribution in [0.1, 0.15) is 28.2 Å². The first kappa shape index (κ1) is 27.5. The van der Waals surface area contributed by atoms with Crippen LogP contribution in [-0.2, 0) is 15.0 Å². The number of benzene rings is 4. The van der Waals surface area contributed by atoms with Crippen LogP contribution in [0.4, 0.5) is 28.4 Å². The van der Waals surface area contributed by atoms with Crippen molar-refractivity contribution in [3.63, 3.8) is 0 Å². The van der Waals surface area contributed by atoms with Crippen molar-refractivity contribution in [2.45, 2.75) is 11.3 Å². The van der Waals surface area contributed by atoms with Crippen LogP contribution < -0.4 is 10.3 Å². The first-order valence-electron chi connectivity index (χ1n) is 13.7. The normalized spacial score (nSPS) is 22.6. The van der Waals surface area contributed by atoms with Gasteiger partial charge >= 0.3 is 5.69 Å². The molecule has 222 valence electrons. The Morgan fingerprint density at radius 1 is 0.733 bits per heavy atom. The Bertz CT molecular complexity index is 1960. The molecule has 8 rings (SSSR count). The summed E-state index contributed by atoms with van der Waals surface area (Å²) in [4.78, 5) is 61.8. The van der Waals surface area contributed by atoms with Crippen molar-refractivity contribution >= 4 is 46.5 Å². The average molecular weight is 605 g/mol. The number of carbonyl (C=O) groups is 2. The van der Waals surface area contributed by atoms with Gasteiger partial charge in [-0.15, -0.1) is 0 Å². The number of carbonyl (C=O) groups excluding carboxylic acids is 2. The van der Waals surface area contributed by atoms with Crippen molar-refractivity contribution < 1.29 is 24.4 Å². The first-order valence-corrected chi connectivity index (χ1v) is 13.7. The van der Waals surface area contributed by atoms with Crippen LogP contribution in [0.25, 0.3) is 0 Å². The second-order valence-electron chi connectivity index (χ2n) is 10.9. The van der Waals surface area contributed by atoms with Gasteiger partial charge in [-0.05, 0) is 40.5 Å². The number of hydrogen-bond acceptors (Lipinski definition) is 10. The molecule has 2 unspecified atom stereocenters. The van der Waals surface area contributed by atoms with Crippen LogP contribution in [0.5, 0.6) is 0 Å². The number of nitro groups is 3. The smallest absolute Gasteiger partial charge is 0.274 e. The number of non-ortho nitro benzene ring substituents is 2. The van der Waals surface area contributed by atoms with E-state index in [1.165, 1.54) is 36.5 Å². The van der Waals surface area contributed by atoms with E-state index in [4.69, 9.17) is 0 Å². The molecule has 2 amide bonds. The number of rotatable bonds is 7. The summed E-state index contributed by atoms with van der Waals surface area (Å²) in [5, 5.41) is 38.6. The molecule has 1 fully saturated rings. The second-order valence-corrected chi connectivity index (χ2v) is 10.9. The predicted octanol–water partition coefficient (Wildman–Crippen LogP) is 5.06. The average Bonchev–Trinajstić information content (AvgIpc) is 3.31. The van der Waals surface area contributed by atoms with E-state index in [1.807, 2.05) is 48.5 Å². The van der Waals surface area contributed by atoms with Gasteiger partial charge in [-0.2, -0.15) is 5.10 Å². The Kier molecular flexibility index (Phi) is 6.04. The molecular formula is C31H20N6O8. The number of imide groups is 1. The minimum Gasteiger partial charge on any atom is -0.274 e. The molecule has 1 saturated heterocycles. The molecule has 0 radical (unpaired) electrons. The third kappa shape index (κ3) is 3.85. The maximum Gasteiger partial charge on any atom is 0.301 e. The third-order valence-electron chi connectivity index (χ3n) is 8.84. The highest BCUT2D eigenvalue weighted by Crippen LogP contribution is 2.63. The lowest BCUT2D eigenvalue weighted by Crippen LogP contribution is -2.54. The molecule has 2 bridgehead atoms. The van der Waals surface area contributed by atoms with Gasteiger partial charge in [0.25, 0.3) is 11.4 Å². The summed E-state index contributed by atoms with van der Waals surface area (Å²) in [6.45, 7) is 0. The fourth-order valence-electron chi connectivity index (χ4n) is 7.11. The summed E-state index contributed by atoms with van der Waals surface area (Å²) in [5.41, 5.74) is 3.36. The van der Waals surface area contributed by atoms with E-state index in [0.717, 1.165) is 39.3 Å². The fourth-order valence-corrected chi connectivity index (χ4v) is 7.11. The Balaban J connectivity index is 1.39. The summed E-state index contributed by atoms with van der Waals surface area (Å²) in [7, 11) is 0. The molecule has 0 saturated carbocycles. The lowest BCUT2D eigenvalue weighted by Gasteiger charge is -2.52. The molecule has 14 heteroatoms. The number of nitrogens with one attached hydrogen (secondary N) is 1. The largest absolute Gasteiger partial charge is 0.301 e. The van der Waals surface area contributed by atoms with E-state index in [1.54, 1.807) is 0 Å². The van der Waals surface area contributed by atoms with E-state index in [0.29, 0.717) is 0 Å². The fraction of sp³-hybridized carbons (Fsp3) is 0.129. The SMILES string of the molecule is O=C1C2C3c4ccccc4C(/C=N/Nc4ccc([N+](=O)[O-])cc4[N+](=O)[O-])(c4ccccc43)C2C(=O)N1c1ccc([N+](=O)[O-])cc1. The number of hydrazone groups is 1. The zero-order chi connectivity index (χ0) is 31.6. The minimum absolute atomic E-state index is 0.109. The molecule has 1 N–H and O–H groups in total. The zero-order valence-corrected chi connectivity index (χ0v) is 23.0. The maximum atomic E-state index is 14.4. The van der Waals surface area contributed by atoms with Gasteiger partial charge in [-0.25, -0.2) is 4.90 Å². The van der Waals surface area contributed by atoms with Gasteiger partial charge < -0.3 is 0 Å².